The normalized spacial score (nSPS) is 10.5. The average molecular weight is 217 g/mol. The summed E-state index contributed by atoms with van der Waals surface area (Å²) < 4.78 is 0. The summed E-state index contributed by atoms with van der Waals surface area (Å²) >= 11 is 1.26. The summed E-state index contributed by atoms with van der Waals surface area (Å²) in [5, 5.41) is 8.45. The van der Waals surface area contributed by atoms with Crippen molar-refractivity contribution in [2.24, 2.45) is 5.73 Å². The molecule has 0 unspecified atom stereocenters. The quantitative estimate of drug-likeness (QED) is 0.438. The van der Waals surface area contributed by atoms with E-state index in [9.17, 15) is 0 Å². The van der Waals surface area contributed by atoms with Gasteiger partial charge < -0.3 is 5.73 Å². The number of rotatable bonds is 1. The second-order valence-corrected chi connectivity index (χ2v) is 4.33. The first kappa shape index (κ1) is 9.98. The second-order valence-electron chi connectivity index (χ2n) is 3.25. The van der Waals surface area contributed by atoms with E-state index in [0.29, 0.717) is 0 Å². The van der Waals surface area contributed by atoms with Gasteiger partial charge in [-0.3, -0.25) is 10.4 Å². The zero-order valence-electron chi connectivity index (χ0n) is 8.32. The van der Waals surface area contributed by atoms with Gasteiger partial charge in [0.25, 0.3) is 0 Å². The maximum Gasteiger partial charge on any atom is 0.155 e. The van der Waals surface area contributed by atoms with Crippen LogP contribution in [0.5, 0.6) is 0 Å². The van der Waals surface area contributed by atoms with Gasteiger partial charge in [-0.25, -0.2) is 0 Å². The molecule has 76 valence electrons. The van der Waals surface area contributed by atoms with Crippen LogP contribution in [0, 0.1) is 12.3 Å². The highest BCUT2D eigenvalue weighted by molar-refractivity contribution is 8.13. The number of aryl methyl sites for hydroxylation is 1. The van der Waals surface area contributed by atoms with Crippen LogP contribution in [0.25, 0.3) is 10.9 Å². The molecule has 1 heterocycles. The average Bonchev–Trinajstić information content (AvgIpc) is 2.16. The summed E-state index contributed by atoms with van der Waals surface area (Å²) in [5.74, 6) is 0. The fourth-order valence-corrected chi connectivity index (χ4v) is 2.22. The zero-order valence-corrected chi connectivity index (χ0v) is 9.14. The van der Waals surface area contributed by atoms with Crippen LogP contribution in [0.1, 0.15) is 5.69 Å². The molecule has 0 spiro atoms. The molecular formula is C11H11N3S. The minimum atomic E-state index is 0.103. The number of nitrogens with one attached hydrogen (secondary N) is 1. The van der Waals surface area contributed by atoms with E-state index in [1.165, 1.54) is 11.8 Å². The number of hydrogen-bond acceptors (Lipinski definition) is 3. The van der Waals surface area contributed by atoms with Crippen LogP contribution in [0.2, 0.25) is 0 Å². The third-order valence-corrected chi connectivity index (χ3v) is 2.80. The van der Waals surface area contributed by atoms with Crippen molar-refractivity contribution in [3.8, 4) is 0 Å². The van der Waals surface area contributed by atoms with Crippen molar-refractivity contribution < 1.29 is 0 Å². The summed E-state index contributed by atoms with van der Waals surface area (Å²) in [6.07, 6.45) is 0. The predicted molar refractivity (Wildman–Crippen MR) is 64.3 cm³/mol. The molecule has 0 aliphatic carbocycles. The highest BCUT2D eigenvalue weighted by atomic mass is 32.2. The van der Waals surface area contributed by atoms with Gasteiger partial charge in [-0.1, -0.05) is 30.0 Å². The maximum absolute atomic E-state index is 7.30. The van der Waals surface area contributed by atoms with Crippen molar-refractivity contribution in [1.29, 1.82) is 5.41 Å². The van der Waals surface area contributed by atoms with Crippen LogP contribution in [-0.4, -0.2) is 10.2 Å². The van der Waals surface area contributed by atoms with Crippen molar-refractivity contribution in [3.63, 3.8) is 0 Å². The molecule has 1 aromatic heterocycles. The Labute approximate surface area is 92.2 Å². The first-order chi connectivity index (χ1) is 7.16. The molecule has 2 rings (SSSR count). The van der Waals surface area contributed by atoms with E-state index >= 15 is 0 Å². The van der Waals surface area contributed by atoms with E-state index in [1.54, 1.807) is 0 Å². The molecule has 0 radical (unpaired) electrons. The lowest BCUT2D eigenvalue weighted by Crippen LogP contribution is -2.03. The number of hydrogen-bond donors (Lipinski definition) is 2. The topological polar surface area (TPSA) is 62.8 Å². The Bertz CT molecular complexity index is 522. The number of fused-ring (bicyclic) bond motifs is 1. The largest absolute Gasteiger partial charge is 0.378 e. The summed E-state index contributed by atoms with van der Waals surface area (Å²) in [5.41, 5.74) is 7.28. The molecule has 2 aromatic rings. The molecule has 0 fully saturated rings. The third kappa shape index (κ3) is 2.10. The van der Waals surface area contributed by atoms with Gasteiger partial charge >= 0.3 is 0 Å². The smallest absolute Gasteiger partial charge is 0.155 e. The summed E-state index contributed by atoms with van der Waals surface area (Å²) in [7, 11) is 0. The zero-order chi connectivity index (χ0) is 10.8. The van der Waals surface area contributed by atoms with E-state index in [0.717, 1.165) is 21.5 Å². The fraction of sp³-hybridized carbons (Fsp3) is 0.0909. The van der Waals surface area contributed by atoms with E-state index < -0.39 is 0 Å². The van der Waals surface area contributed by atoms with Gasteiger partial charge in [-0.05, 0) is 19.1 Å². The minimum absolute atomic E-state index is 0.103. The predicted octanol–water partition coefficient (Wildman–Crippen LogP) is 2.53. The van der Waals surface area contributed by atoms with Crippen LogP contribution in [-0.2, 0) is 0 Å². The molecule has 3 nitrogen and oxygen atoms in total. The number of thioether (sulfide) groups is 1. The number of benzene rings is 1. The van der Waals surface area contributed by atoms with Gasteiger partial charge in [-0.2, -0.15) is 0 Å². The van der Waals surface area contributed by atoms with Gasteiger partial charge in [0.1, 0.15) is 0 Å². The van der Waals surface area contributed by atoms with E-state index in [1.807, 2.05) is 37.3 Å². The number of amidine groups is 1. The lowest BCUT2D eigenvalue weighted by Gasteiger charge is -2.05. The Balaban J connectivity index is 2.65. The van der Waals surface area contributed by atoms with Gasteiger partial charge in [0.15, 0.2) is 5.17 Å². The first-order valence-corrected chi connectivity index (χ1v) is 5.37. The van der Waals surface area contributed by atoms with Crippen molar-refractivity contribution in [3.05, 3.63) is 36.0 Å². The Morgan fingerprint density at radius 3 is 2.87 bits per heavy atom. The molecule has 0 saturated carbocycles. The number of pyridine rings is 1. The Hall–Kier alpha value is -1.55. The molecule has 0 saturated heterocycles. The molecule has 0 aliphatic heterocycles. The Morgan fingerprint density at radius 2 is 2.13 bits per heavy atom. The number of aromatic nitrogens is 1. The Kier molecular flexibility index (Phi) is 2.60. The molecule has 1 aromatic carbocycles. The van der Waals surface area contributed by atoms with Crippen molar-refractivity contribution in [2.75, 3.05) is 0 Å². The highest BCUT2D eigenvalue weighted by Crippen LogP contribution is 2.27. The lowest BCUT2D eigenvalue weighted by atomic mass is 10.2. The van der Waals surface area contributed by atoms with Gasteiger partial charge in [0.05, 0.1) is 5.52 Å². The Morgan fingerprint density at radius 1 is 1.40 bits per heavy atom. The molecule has 0 aliphatic rings. The molecule has 4 heteroatoms. The molecule has 3 N–H and O–H groups in total. The summed E-state index contributed by atoms with van der Waals surface area (Å²) in [6, 6.07) is 9.83. The number of nitrogens with two attached hydrogens (primary N) is 1. The molecule has 0 atom stereocenters. The van der Waals surface area contributed by atoms with E-state index in [4.69, 9.17) is 11.1 Å². The standard InChI is InChI=1S/C11H11N3S/c1-7-6-10(15-11(12)13)8-4-2-3-5-9(8)14-7/h2-6H,1H3,(H3,12,13). The van der Waals surface area contributed by atoms with Gasteiger partial charge in [0.2, 0.25) is 0 Å². The maximum atomic E-state index is 7.30. The lowest BCUT2D eigenvalue weighted by molar-refractivity contribution is 1.22. The van der Waals surface area contributed by atoms with Crippen LogP contribution in [0.4, 0.5) is 0 Å². The van der Waals surface area contributed by atoms with E-state index in [-0.39, 0.29) is 5.17 Å². The van der Waals surface area contributed by atoms with Crippen molar-refractivity contribution in [2.45, 2.75) is 11.8 Å². The summed E-state index contributed by atoms with van der Waals surface area (Å²) in [4.78, 5) is 5.41. The number of nitrogens with zero attached hydrogens (tertiary/aromatic N) is 1. The van der Waals surface area contributed by atoms with Crippen LogP contribution in [0.15, 0.2) is 35.2 Å². The highest BCUT2D eigenvalue weighted by Gasteiger charge is 2.04. The molecule has 0 bridgehead atoms. The molecule has 15 heavy (non-hydrogen) atoms. The van der Waals surface area contributed by atoms with E-state index in [2.05, 4.69) is 4.98 Å². The van der Waals surface area contributed by atoms with Crippen LogP contribution < -0.4 is 5.73 Å². The molecule has 0 amide bonds. The fourth-order valence-electron chi connectivity index (χ4n) is 1.47. The second kappa shape index (κ2) is 3.90. The third-order valence-electron chi connectivity index (χ3n) is 2.03. The number of para-hydroxylation sites is 1. The van der Waals surface area contributed by atoms with Crippen molar-refractivity contribution in [1.82, 2.24) is 4.98 Å². The SMILES string of the molecule is Cc1cc(SC(=N)N)c2ccccc2n1. The van der Waals surface area contributed by atoms with Crippen molar-refractivity contribution >= 4 is 27.8 Å². The molecular weight excluding hydrogens is 206 g/mol. The monoisotopic (exact) mass is 217 g/mol. The van der Waals surface area contributed by atoms with Gasteiger partial charge in [0, 0.05) is 16.0 Å². The van der Waals surface area contributed by atoms with Crippen LogP contribution >= 0.6 is 11.8 Å². The van der Waals surface area contributed by atoms with Gasteiger partial charge in [-0.15, -0.1) is 0 Å². The minimum Gasteiger partial charge on any atom is -0.378 e. The summed E-state index contributed by atoms with van der Waals surface area (Å²) in [6.45, 7) is 1.94. The first-order valence-electron chi connectivity index (χ1n) is 4.55. The van der Waals surface area contributed by atoms with Crippen LogP contribution in [0.3, 0.4) is 0 Å².